The van der Waals surface area contributed by atoms with E-state index in [-0.39, 0.29) is 17.6 Å². The summed E-state index contributed by atoms with van der Waals surface area (Å²) in [6.45, 7) is 4.14. The van der Waals surface area contributed by atoms with Gasteiger partial charge in [-0.2, -0.15) is 4.98 Å². The van der Waals surface area contributed by atoms with Gasteiger partial charge in [0.1, 0.15) is 5.75 Å². The third-order valence-corrected chi connectivity index (χ3v) is 5.14. The summed E-state index contributed by atoms with van der Waals surface area (Å²) >= 11 is 0. The van der Waals surface area contributed by atoms with E-state index in [4.69, 9.17) is 4.52 Å². The van der Waals surface area contributed by atoms with Crippen LogP contribution in [-0.2, 0) is 11.3 Å². The topological polar surface area (TPSA) is 91.5 Å². The molecule has 1 aliphatic rings. The van der Waals surface area contributed by atoms with E-state index in [2.05, 4.69) is 20.4 Å². The smallest absolute Gasteiger partial charge is 0.257 e. The van der Waals surface area contributed by atoms with Crippen LogP contribution in [0, 0.1) is 12.8 Å². The zero-order chi connectivity index (χ0) is 20.2. The van der Waals surface area contributed by atoms with Crippen molar-refractivity contribution < 1.29 is 14.4 Å². The number of phenols is 1. The molecule has 1 fully saturated rings. The van der Waals surface area contributed by atoms with Crippen LogP contribution < -0.4 is 5.32 Å². The zero-order valence-electron chi connectivity index (χ0n) is 16.3. The van der Waals surface area contributed by atoms with Gasteiger partial charge in [0.2, 0.25) is 5.91 Å². The van der Waals surface area contributed by atoms with Gasteiger partial charge in [-0.25, -0.2) is 0 Å². The van der Waals surface area contributed by atoms with Crippen LogP contribution in [0.1, 0.15) is 24.2 Å². The Morgan fingerprint density at radius 2 is 1.97 bits per heavy atom. The molecule has 0 unspecified atom stereocenters. The molecule has 7 nitrogen and oxygen atoms in total. The average molecular weight is 392 g/mol. The van der Waals surface area contributed by atoms with Crippen LogP contribution in [0.5, 0.6) is 5.75 Å². The minimum Gasteiger partial charge on any atom is -0.508 e. The Morgan fingerprint density at radius 3 is 2.72 bits per heavy atom. The van der Waals surface area contributed by atoms with Gasteiger partial charge in [-0.3, -0.25) is 9.69 Å². The molecular formula is C22H24N4O3. The molecule has 0 radical (unpaired) electrons. The van der Waals surface area contributed by atoms with Crippen LogP contribution >= 0.6 is 0 Å². The van der Waals surface area contributed by atoms with E-state index in [1.165, 1.54) is 5.56 Å². The van der Waals surface area contributed by atoms with Crippen LogP contribution in [0.2, 0.25) is 0 Å². The number of nitrogens with one attached hydrogen (secondary N) is 1. The number of phenolic OH excluding ortho intramolecular Hbond substituents is 1. The highest BCUT2D eigenvalue weighted by molar-refractivity contribution is 5.92. The third kappa shape index (κ3) is 4.81. The van der Waals surface area contributed by atoms with Crippen molar-refractivity contribution in [2.45, 2.75) is 26.3 Å². The number of rotatable bonds is 5. The van der Waals surface area contributed by atoms with Gasteiger partial charge in [0.15, 0.2) is 5.82 Å². The van der Waals surface area contributed by atoms with Crippen molar-refractivity contribution in [3.8, 4) is 17.2 Å². The Labute approximate surface area is 169 Å². The van der Waals surface area contributed by atoms with E-state index < -0.39 is 0 Å². The summed E-state index contributed by atoms with van der Waals surface area (Å²) in [5.74, 6) is 1.21. The van der Waals surface area contributed by atoms with Gasteiger partial charge in [-0.15, -0.1) is 0 Å². The largest absolute Gasteiger partial charge is 0.508 e. The number of aromatic hydroxyl groups is 1. The molecule has 7 heteroatoms. The lowest BCUT2D eigenvalue weighted by Gasteiger charge is -2.31. The van der Waals surface area contributed by atoms with Crippen molar-refractivity contribution in [1.82, 2.24) is 15.0 Å². The minimum absolute atomic E-state index is 0.00570. The molecule has 4 rings (SSSR count). The summed E-state index contributed by atoms with van der Waals surface area (Å²) in [6, 6.07) is 14.5. The number of hydrogen-bond acceptors (Lipinski definition) is 6. The number of likely N-dealkylation sites (tertiary alicyclic amines) is 1. The molecule has 2 N–H and O–H groups in total. The van der Waals surface area contributed by atoms with E-state index in [0.717, 1.165) is 24.9 Å². The molecule has 2 aromatic carbocycles. The lowest BCUT2D eigenvalue weighted by Crippen LogP contribution is -2.40. The molecule has 1 saturated heterocycles. The van der Waals surface area contributed by atoms with Crippen LogP contribution in [-0.4, -0.2) is 39.1 Å². The normalized spacial score (nSPS) is 17.2. The molecule has 150 valence electrons. The van der Waals surface area contributed by atoms with Gasteiger partial charge >= 0.3 is 0 Å². The SMILES string of the molecule is Cc1ccc(-c2nc(CN3CCC[C@@H](C(=O)Nc4ccc(O)cc4)C3)no2)cc1. The number of carbonyl (C=O) groups is 1. The maximum absolute atomic E-state index is 12.6. The number of nitrogens with zero attached hydrogens (tertiary/aromatic N) is 3. The lowest BCUT2D eigenvalue weighted by molar-refractivity contribution is -0.121. The van der Waals surface area contributed by atoms with Gasteiger partial charge in [0, 0.05) is 17.8 Å². The molecule has 29 heavy (non-hydrogen) atoms. The first kappa shape index (κ1) is 19.1. The van der Waals surface area contributed by atoms with Crippen molar-refractivity contribution >= 4 is 11.6 Å². The van der Waals surface area contributed by atoms with Gasteiger partial charge in [0.25, 0.3) is 5.89 Å². The van der Waals surface area contributed by atoms with E-state index in [0.29, 0.717) is 30.5 Å². The maximum atomic E-state index is 12.6. The van der Waals surface area contributed by atoms with E-state index in [1.807, 2.05) is 31.2 Å². The Hall–Kier alpha value is -3.19. The third-order valence-electron chi connectivity index (χ3n) is 5.14. The molecule has 0 bridgehead atoms. The van der Waals surface area contributed by atoms with Crippen LogP contribution in [0.25, 0.3) is 11.5 Å². The lowest BCUT2D eigenvalue weighted by atomic mass is 9.97. The second kappa shape index (κ2) is 8.45. The molecule has 1 aliphatic heterocycles. The monoisotopic (exact) mass is 392 g/mol. The highest BCUT2D eigenvalue weighted by Gasteiger charge is 2.27. The summed E-state index contributed by atoms with van der Waals surface area (Å²) < 4.78 is 5.41. The Morgan fingerprint density at radius 1 is 1.21 bits per heavy atom. The molecule has 0 spiro atoms. The summed E-state index contributed by atoms with van der Waals surface area (Å²) in [5, 5.41) is 16.4. The van der Waals surface area contributed by atoms with Crippen molar-refractivity contribution in [1.29, 1.82) is 0 Å². The van der Waals surface area contributed by atoms with Gasteiger partial charge in [-0.1, -0.05) is 22.9 Å². The molecule has 1 atom stereocenters. The first-order valence-corrected chi connectivity index (χ1v) is 9.79. The Balaban J connectivity index is 1.35. The fourth-order valence-corrected chi connectivity index (χ4v) is 3.53. The first-order chi connectivity index (χ1) is 14.1. The van der Waals surface area contributed by atoms with E-state index in [9.17, 15) is 9.90 Å². The number of hydrogen-bond donors (Lipinski definition) is 2. The summed E-state index contributed by atoms with van der Waals surface area (Å²) in [7, 11) is 0. The highest BCUT2D eigenvalue weighted by atomic mass is 16.5. The van der Waals surface area contributed by atoms with Crippen molar-refractivity contribution in [3.05, 3.63) is 59.9 Å². The van der Waals surface area contributed by atoms with Crippen molar-refractivity contribution in [3.63, 3.8) is 0 Å². The number of aryl methyl sites for hydroxylation is 1. The number of anilines is 1. The van der Waals surface area contributed by atoms with Gasteiger partial charge < -0.3 is 14.9 Å². The molecule has 1 amide bonds. The maximum Gasteiger partial charge on any atom is 0.257 e. The van der Waals surface area contributed by atoms with Crippen LogP contribution in [0.3, 0.4) is 0 Å². The number of piperidine rings is 1. The number of aromatic nitrogens is 2. The Kier molecular flexibility index (Phi) is 5.57. The fourth-order valence-electron chi connectivity index (χ4n) is 3.53. The Bertz CT molecular complexity index is 966. The zero-order valence-corrected chi connectivity index (χ0v) is 16.3. The molecule has 0 aliphatic carbocycles. The molecule has 1 aromatic heterocycles. The van der Waals surface area contributed by atoms with Crippen molar-refractivity contribution in [2.24, 2.45) is 5.92 Å². The highest BCUT2D eigenvalue weighted by Crippen LogP contribution is 2.22. The number of carbonyl (C=O) groups excluding carboxylic acids is 1. The van der Waals surface area contributed by atoms with Gasteiger partial charge in [-0.05, 0) is 62.7 Å². The fraction of sp³-hybridized carbons (Fsp3) is 0.318. The second-order valence-electron chi connectivity index (χ2n) is 7.49. The quantitative estimate of drug-likeness (QED) is 0.645. The molecule has 0 saturated carbocycles. The minimum atomic E-state index is -0.0963. The second-order valence-corrected chi connectivity index (χ2v) is 7.49. The molecule has 2 heterocycles. The predicted molar refractivity (Wildman–Crippen MR) is 109 cm³/mol. The van der Waals surface area contributed by atoms with Crippen molar-refractivity contribution in [2.75, 3.05) is 18.4 Å². The van der Waals surface area contributed by atoms with Crippen LogP contribution in [0.4, 0.5) is 5.69 Å². The summed E-state index contributed by atoms with van der Waals surface area (Å²) in [4.78, 5) is 19.3. The summed E-state index contributed by atoms with van der Waals surface area (Å²) in [5.41, 5.74) is 2.77. The summed E-state index contributed by atoms with van der Waals surface area (Å²) in [6.07, 6.45) is 1.79. The molecular weight excluding hydrogens is 368 g/mol. The van der Waals surface area contributed by atoms with Crippen LogP contribution in [0.15, 0.2) is 53.1 Å². The van der Waals surface area contributed by atoms with E-state index >= 15 is 0 Å². The average Bonchev–Trinajstić information content (AvgIpc) is 3.19. The van der Waals surface area contributed by atoms with E-state index in [1.54, 1.807) is 24.3 Å². The standard InChI is InChI=1S/C22H24N4O3/c1-15-4-6-16(7-5-15)22-24-20(25-29-22)14-26-12-2-3-17(13-26)21(28)23-18-8-10-19(27)11-9-18/h4-11,17,27H,2-3,12-14H2,1H3,(H,23,28)/t17-/m1/s1. The number of benzene rings is 2. The predicted octanol–water partition coefficient (Wildman–Crippen LogP) is 3.60. The first-order valence-electron chi connectivity index (χ1n) is 9.79. The molecule has 3 aromatic rings. The van der Waals surface area contributed by atoms with Gasteiger partial charge in [0.05, 0.1) is 12.5 Å². The number of amides is 1.